The molecule has 0 aromatic carbocycles. The van der Waals surface area contributed by atoms with E-state index in [9.17, 15) is 0 Å². The van der Waals surface area contributed by atoms with Crippen molar-refractivity contribution in [2.75, 3.05) is 0 Å². The molecule has 48 valence electrons. The van der Waals surface area contributed by atoms with Gasteiger partial charge in [-0.15, -0.1) is 0 Å². The van der Waals surface area contributed by atoms with Gasteiger partial charge < -0.3 is 3.97 Å². The van der Waals surface area contributed by atoms with Gasteiger partial charge in [0, 0.05) is 12.4 Å². The summed E-state index contributed by atoms with van der Waals surface area (Å²) in [6.45, 7) is 0. The van der Waals surface area contributed by atoms with Crippen LogP contribution in [-0.2, 0) is 12.8 Å². The highest BCUT2D eigenvalue weighted by molar-refractivity contribution is 7.78. The molecule has 0 N–H and O–H groups in total. The first-order valence-electron chi connectivity index (χ1n) is 3.25. The van der Waals surface area contributed by atoms with Crippen molar-refractivity contribution in [1.29, 1.82) is 0 Å². The van der Waals surface area contributed by atoms with Crippen molar-refractivity contribution < 1.29 is 0 Å². The third kappa shape index (κ3) is 0.778. The zero-order valence-electron chi connectivity index (χ0n) is 5.17. The van der Waals surface area contributed by atoms with Crippen LogP contribution < -0.4 is 0 Å². The van der Waals surface area contributed by atoms with Crippen molar-refractivity contribution in [3.63, 3.8) is 0 Å². The van der Waals surface area contributed by atoms with E-state index in [1.807, 2.05) is 3.97 Å². The Balaban J connectivity index is 2.51. The lowest BCUT2D eigenvalue weighted by Gasteiger charge is -1.85. The van der Waals surface area contributed by atoms with Gasteiger partial charge in [0.1, 0.15) is 0 Å². The smallest absolute Gasteiger partial charge is 0.0189 e. The van der Waals surface area contributed by atoms with E-state index >= 15 is 0 Å². The summed E-state index contributed by atoms with van der Waals surface area (Å²) in [7, 11) is 0. The Hall–Kier alpha value is -0.370. The third-order valence-corrected chi connectivity index (χ3v) is 2.11. The van der Waals surface area contributed by atoms with Crippen molar-refractivity contribution in [3.05, 3.63) is 23.5 Å². The Kier molecular flexibility index (Phi) is 1.09. The molecule has 1 nitrogen and oxygen atoms in total. The van der Waals surface area contributed by atoms with Crippen LogP contribution in [0.1, 0.15) is 17.5 Å². The van der Waals surface area contributed by atoms with Crippen molar-refractivity contribution in [1.82, 2.24) is 3.97 Å². The lowest BCUT2D eigenvalue weighted by atomic mass is 10.2. The summed E-state index contributed by atoms with van der Waals surface area (Å²) in [6.07, 6.45) is 8.04. The largest absolute Gasteiger partial charge is 0.301 e. The van der Waals surface area contributed by atoms with Gasteiger partial charge in [0.25, 0.3) is 0 Å². The monoisotopic (exact) mass is 139 g/mol. The van der Waals surface area contributed by atoms with Gasteiger partial charge in [-0.05, 0) is 30.4 Å². The van der Waals surface area contributed by atoms with Gasteiger partial charge in [0.2, 0.25) is 0 Å². The van der Waals surface area contributed by atoms with Crippen LogP contribution in [0.15, 0.2) is 12.4 Å². The standard InChI is InChI=1S/C7H9NS/c9-8-4-6-2-1-3-7(6)5-8/h4-5,9H,1-3H2. The molecule has 1 aliphatic carbocycles. The molecule has 0 saturated carbocycles. The van der Waals surface area contributed by atoms with E-state index in [1.165, 1.54) is 30.4 Å². The third-order valence-electron chi connectivity index (χ3n) is 1.88. The molecule has 0 spiro atoms. The summed E-state index contributed by atoms with van der Waals surface area (Å²) in [6, 6.07) is 0. The molecule has 2 heteroatoms. The highest BCUT2D eigenvalue weighted by Gasteiger charge is 2.11. The molecule has 0 unspecified atom stereocenters. The number of hydrogen-bond acceptors (Lipinski definition) is 1. The van der Waals surface area contributed by atoms with Crippen LogP contribution in [-0.4, -0.2) is 3.97 Å². The maximum atomic E-state index is 4.18. The second-order valence-corrected chi connectivity index (χ2v) is 3.00. The Morgan fingerprint density at radius 3 is 2.33 bits per heavy atom. The molecule has 1 aromatic rings. The summed E-state index contributed by atoms with van der Waals surface area (Å²) in [5, 5.41) is 0. The molecular weight excluding hydrogens is 130 g/mol. The molecule has 0 atom stereocenters. The predicted octanol–water partition coefficient (Wildman–Crippen LogP) is 1.67. The number of nitrogens with zero attached hydrogens (tertiary/aromatic N) is 1. The van der Waals surface area contributed by atoms with E-state index in [0.717, 1.165) is 0 Å². The number of thiol groups is 1. The minimum atomic E-state index is 1.25. The fourth-order valence-corrected chi connectivity index (χ4v) is 1.72. The Labute approximate surface area is 60.2 Å². The van der Waals surface area contributed by atoms with Crippen molar-refractivity contribution in [2.45, 2.75) is 19.3 Å². The molecule has 0 amide bonds. The van der Waals surface area contributed by atoms with Crippen LogP contribution in [0, 0.1) is 0 Å². The first-order chi connectivity index (χ1) is 4.36. The Morgan fingerprint density at radius 1 is 1.22 bits per heavy atom. The minimum Gasteiger partial charge on any atom is -0.301 e. The van der Waals surface area contributed by atoms with Crippen molar-refractivity contribution in [3.8, 4) is 0 Å². The molecule has 0 radical (unpaired) electrons. The average molecular weight is 139 g/mol. The van der Waals surface area contributed by atoms with E-state index in [2.05, 4.69) is 25.2 Å². The molecule has 0 saturated heterocycles. The number of fused-ring (bicyclic) bond motifs is 1. The average Bonchev–Trinajstić information content (AvgIpc) is 2.22. The van der Waals surface area contributed by atoms with Gasteiger partial charge in [-0.1, -0.05) is 12.8 Å². The number of aryl methyl sites for hydroxylation is 2. The van der Waals surface area contributed by atoms with Crippen LogP contribution in [0.5, 0.6) is 0 Å². The number of hydrogen-bond donors (Lipinski definition) is 1. The van der Waals surface area contributed by atoms with Crippen LogP contribution in [0.2, 0.25) is 0 Å². The lowest BCUT2D eigenvalue weighted by Crippen LogP contribution is -1.75. The van der Waals surface area contributed by atoms with Gasteiger partial charge in [0.05, 0.1) is 0 Å². The highest BCUT2D eigenvalue weighted by Crippen LogP contribution is 2.22. The maximum absolute atomic E-state index is 4.18. The minimum absolute atomic E-state index is 1.25. The lowest BCUT2D eigenvalue weighted by molar-refractivity contribution is 0.899. The van der Waals surface area contributed by atoms with E-state index in [-0.39, 0.29) is 0 Å². The molecule has 2 rings (SSSR count). The van der Waals surface area contributed by atoms with E-state index in [1.54, 1.807) is 0 Å². The number of aromatic nitrogens is 1. The summed E-state index contributed by atoms with van der Waals surface area (Å²) in [5.74, 6) is 0. The van der Waals surface area contributed by atoms with E-state index < -0.39 is 0 Å². The van der Waals surface area contributed by atoms with E-state index in [4.69, 9.17) is 0 Å². The van der Waals surface area contributed by atoms with E-state index in [0.29, 0.717) is 0 Å². The molecule has 9 heavy (non-hydrogen) atoms. The van der Waals surface area contributed by atoms with Crippen LogP contribution in [0.25, 0.3) is 0 Å². The zero-order chi connectivity index (χ0) is 6.27. The first kappa shape index (κ1) is 5.42. The van der Waals surface area contributed by atoms with Crippen LogP contribution >= 0.6 is 12.8 Å². The van der Waals surface area contributed by atoms with Crippen LogP contribution in [0.4, 0.5) is 0 Å². The quantitative estimate of drug-likeness (QED) is 0.522. The topological polar surface area (TPSA) is 4.93 Å². The first-order valence-corrected chi connectivity index (χ1v) is 3.65. The Morgan fingerprint density at radius 2 is 1.78 bits per heavy atom. The highest BCUT2D eigenvalue weighted by atomic mass is 32.1. The zero-order valence-corrected chi connectivity index (χ0v) is 6.06. The maximum Gasteiger partial charge on any atom is 0.0189 e. The summed E-state index contributed by atoms with van der Waals surface area (Å²) < 4.78 is 1.85. The summed E-state index contributed by atoms with van der Waals surface area (Å²) in [5.41, 5.74) is 2.98. The molecule has 0 fully saturated rings. The second-order valence-electron chi connectivity index (χ2n) is 2.54. The normalized spacial score (nSPS) is 16.1. The van der Waals surface area contributed by atoms with Gasteiger partial charge in [-0.2, -0.15) is 0 Å². The van der Waals surface area contributed by atoms with Crippen LogP contribution in [0.3, 0.4) is 0 Å². The molecular formula is C7H9NS. The summed E-state index contributed by atoms with van der Waals surface area (Å²) >= 11 is 4.18. The predicted molar refractivity (Wildman–Crippen MR) is 40.8 cm³/mol. The van der Waals surface area contributed by atoms with Crippen molar-refractivity contribution >= 4 is 12.8 Å². The van der Waals surface area contributed by atoms with Crippen molar-refractivity contribution in [2.24, 2.45) is 0 Å². The Bertz CT molecular complexity index is 205. The SMILES string of the molecule is Sn1cc2c(c1)CCC2. The fourth-order valence-electron chi connectivity index (χ4n) is 1.44. The molecule has 0 aliphatic heterocycles. The van der Waals surface area contributed by atoms with Gasteiger partial charge in [-0.3, -0.25) is 0 Å². The van der Waals surface area contributed by atoms with Gasteiger partial charge in [-0.25, -0.2) is 0 Å². The molecule has 1 heterocycles. The molecule has 0 bridgehead atoms. The van der Waals surface area contributed by atoms with Gasteiger partial charge >= 0.3 is 0 Å². The summed E-state index contributed by atoms with van der Waals surface area (Å²) in [4.78, 5) is 0. The number of rotatable bonds is 0. The molecule has 1 aliphatic rings. The second kappa shape index (κ2) is 1.81. The van der Waals surface area contributed by atoms with Gasteiger partial charge in [0.15, 0.2) is 0 Å². The fraction of sp³-hybridized carbons (Fsp3) is 0.429. The molecule has 1 aromatic heterocycles.